The predicted octanol–water partition coefficient (Wildman–Crippen LogP) is 1.61. The van der Waals surface area contributed by atoms with E-state index in [9.17, 15) is 14.7 Å². The van der Waals surface area contributed by atoms with Gasteiger partial charge in [0.1, 0.15) is 5.75 Å². The number of aliphatic hydroxyl groups is 1. The van der Waals surface area contributed by atoms with Crippen LogP contribution >= 0.6 is 0 Å². The van der Waals surface area contributed by atoms with E-state index in [2.05, 4.69) is 11.8 Å². The highest BCUT2D eigenvalue weighted by molar-refractivity contribution is 5.87. The molecule has 0 saturated carbocycles. The molecule has 6 heteroatoms. The van der Waals surface area contributed by atoms with Crippen LogP contribution in [0.4, 0.5) is 0 Å². The van der Waals surface area contributed by atoms with E-state index >= 15 is 0 Å². The van der Waals surface area contributed by atoms with Gasteiger partial charge in [-0.2, -0.15) is 0 Å². The number of fused-ring (bicyclic) bond motifs is 1. The highest BCUT2D eigenvalue weighted by Gasteiger charge is 2.54. The normalized spacial score (nSPS) is 22.5. The summed E-state index contributed by atoms with van der Waals surface area (Å²) in [5, 5.41) is 9.85. The molecule has 0 unspecified atom stereocenters. The number of hydrogen-bond acceptors (Lipinski definition) is 4. The van der Waals surface area contributed by atoms with Crippen LogP contribution in [-0.4, -0.2) is 65.6 Å². The molecule has 2 aromatic rings. The number of rotatable bonds is 3. The third kappa shape index (κ3) is 3.64. The number of benzene rings is 2. The molecule has 0 aromatic heterocycles. The molecule has 2 amide bonds. The van der Waals surface area contributed by atoms with E-state index in [-0.39, 0.29) is 43.0 Å². The van der Waals surface area contributed by atoms with E-state index in [0.717, 1.165) is 22.4 Å². The van der Waals surface area contributed by atoms with E-state index in [1.165, 1.54) is 6.92 Å². The first kappa shape index (κ1) is 20.0. The van der Waals surface area contributed by atoms with E-state index in [0.29, 0.717) is 6.54 Å². The van der Waals surface area contributed by atoms with E-state index in [1.54, 1.807) is 16.9 Å². The maximum absolute atomic E-state index is 12.4. The number of hydrogen-bond donors (Lipinski definition) is 1. The van der Waals surface area contributed by atoms with Gasteiger partial charge < -0.3 is 19.6 Å². The number of amides is 2. The highest BCUT2D eigenvalue weighted by Crippen LogP contribution is 2.42. The lowest BCUT2D eigenvalue weighted by Gasteiger charge is -2.58. The molecule has 6 nitrogen and oxygen atoms in total. The molecule has 2 aliphatic heterocycles. The van der Waals surface area contributed by atoms with Crippen LogP contribution in [0.15, 0.2) is 48.5 Å². The maximum atomic E-state index is 12.4. The fraction of sp³-hybridized carbons (Fsp3) is 0.333. The maximum Gasteiger partial charge on any atom is 0.242 e. The highest BCUT2D eigenvalue weighted by atomic mass is 16.5. The van der Waals surface area contributed by atoms with Crippen LogP contribution in [-0.2, 0) is 9.59 Å². The van der Waals surface area contributed by atoms with Gasteiger partial charge in [0, 0.05) is 30.5 Å². The van der Waals surface area contributed by atoms with Gasteiger partial charge in [0.25, 0.3) is 0 Å². The van der Waals surface area contributed by atoms with Crippen LogP contribution in [0.5, 0.6) is 5.75 Å². The quantitative estimate of drug-likeness (QED) is 0.790. The Morgan fingerprint density at radius 1 is 1.10 bits per heavy atom. The molecule has 30 heavy (non-hydrogen) atoms. The first-order valence-electron chi connectivity index (χ1n) is 9.95. The summed E-state index contributed by atoms with van der Waals surface area (Å²) in [6.07, 6.45) is 0. The Kier molecular flexibility index (Phi) is 5.47. The Morgan fingerprint density at radius 3 is 2.23 bits per heavy atom. The fourth-order valence-electron chi connectivity index (χ4n) is 4.35. The van der Waals surface area contributed by atoms with Gasteiger partial charge in [0.05, 0.1) is 32.3 Å². The van der Waals surface area contributed by atoms with Crippen LogP contribution in [0.2, 0.25) is 0 Å². The third-order valence-electron chi connectivity index (χ3n) is 5.93. The SMILES string of the molecule is COc1ccc(C#Cc2ccc([C@H]3[C@H]4CN(C(C)=O)CC(=O)N4[C@H]3CO)cc2)cc1. The molecular weight excluding hydrogens is 380 g/mol. The molecule has 2 fully saturated rings. The average molecular weight is 404 g/mol. The summed E-state index contributed by atoms with van der Waals surface area (Å²) < 4.78 is 5.15. The molecule has 1 N–H and O–H groups in total. The average Bonchev–Trinajstić information content (AvgIpc) is 2.74. The van der Waals surface area contributed by atoms with E-state index in [4.69, 9.17) is 4.74 Å². The van der Waals surface area contributed by atoms with Gasteiger partial charge >= 0.3 is 0 Å². The minimum absolute atomic E-state index is 0.00435. The number of aliphatic hydroxyl groups excluding tert-OH is 1. The number of nitrogens with zero attached hydrogens (tertiary/aromatic N) is 2. The van der Waals surface area contributed by atoms with Gasteiger partial charge in [-0.15, -0.1) is 0 Å². The van der Waals surface area contributed by atoms with Gasteiger partial charge in [0.2, 0.25) is 11.8 Å². The van der Waals surface area contributed by atoms with Gasteiger partial charge in [0.15, 0.2) is 0 Å². The molecule has 4 rings (SSSR count). The van der Waals surface area contributed by atoms with Crippen molar-refractivity contribution in [3.05, 3.63) is 65.2 Å². The van der Waals surface area contributed by atoms with Crippen LogP contribution in [0, 0.1) is 11.8 Å². The molecule has 0 aliphatic carbocycles. The Balaban J connectivity index is 1.51. The first-order valence-corrected chi connectivity index (χ1v) is 9.95. The molecule has 2 aromatic carbocycles. The molecule has 0 bridgehead atoms. The van der Waals surface area contributed by atoms with Crippen molar-refractivity contribution >= 4 is 11.8 Å². The third-order valence-corrected chi connectivity index (χ3v) is 5.93. The summed E-state index contributed by atoms with van der Waals surface area (Å²) in [5.74, 6) is 6.89. The number of carbonyl (C=O) groups is 2. The zero-order chi connectivity index (χ0) is 21.3. The van der Waals surface area contributed by atoms with Crippen molar-refractivity contribution in [2.45, 2.75) is 24.9 Å². The Morgan fingerprint density at radius 2 is 1.70 bits per heavy atom. The van der Waals surface area contributed by atoms with E-state index < -0.39 is 0 Å². The van der Waals surface area contributed by atoms with Crippen molar-refractivity contribution in [3.8, 4) is 17.6 Å². The smallest absolute Gasteiger partial charge is 0.242 e. The summed E-state index contributed by atoms with van der Waals surface area (Å²) in [4.78, 5) is 27.5. The van der Waals surface area contributed by atoms with Crippen molar-refractivity contribution in [3.63, 3.8) is 0 Å². The van der Waals surface area contributed by atoms with Gasteiger partial charge in [-0.25, -0.2) is 0 Å². The summed E-state index contributed by atoms with van der Waals surface area (Å²) >= 11 is 0. The second kappa shape index (κ2) is 8.21. The second-order valence-electron chi connectivity index (χ2n) is 7.64. The summed E-state index contributed by atoms with van der Waals surface area (Å²) in [7, 11) is 1.63. The monoisotopic (exact) mass is 404 g/mol. The molecule has 0 spiro atoms. The lowest BCUT2D eigenvalue weighted by molar-refractivity contribution is -0.166. The minimum Gasteiger partial charge on any atom is -0.497 e. The van der Waals surface area contributed by atoms with Gasteiger partial charge in [-0.05, 0) is 42.0 Å². The van der Waals surface area contributed by atoms with Crippen LogP contribution in [0.3, 0.4) is 0 Å². The van der Waals surface area contributed by atoms with Crippen molar-refractivity contribution in [2.24, 2.45) is 0 Å². The van der Waals surface area contributed by atoms with E-state index in [1.807, 2.05) is 48.5 Å². The number of ether oxygens (including phenoxy) is 1. The molecule has 2 saturated heterocycles. The molecule has 2 heterocycles. The number of methoxy groups -OCH3 is 1. The largest absolute Gasteiger partial charge is 0.497 e. The minimum atomic E-state index is -0.243. The van der Waals surface area contributed by atoms with Crippen molar-refractivity contribution < 1.29 is 19.4 Å². The summed E-state index contributed by atoms with van der Waals surface area (Å²) in [6.45, 7) is 1.98. The van der Waals surface area contributed by atoms with Crippen LogP contribution in [0.1, 0.15) is 29.5 Å². The van der Waals surface area contributed by atoms with Crippen molar-refractivity contribution in [2.75, 3.05) is 26.8 Å². The zero-order valence-electron chi connectivity index (χ0n) is 17.0. The second-order valence-corrected chi connectivity index (χ2v) is 7.64. The zero-order valence-corrected chi connectivity index (χ0v) is 17.0. The lowest BCUT2D eigenvalue weighted by Crippen LogP contribution is -2.73. The summed E-state index contributed by atoms with van der Waals surface area (Å²) in [5.41, 5.74) is 2.83. The molecule has 2 aliphatic rings. The Hall–Kier alpha value is -3.30. The standard InChI is InChI=1S/C24H24N2O4/c1-16(28)25-13-21-24(22(15-27)26(21)23(29)14-25)19-9-5-17(6-10-19)3-4-18-7-11-20(30-2)12-8-18/h5-12,21-22,24,27H,13-15H2,1-2H3/t21-,22+,24+/m1/s1. The van der Waals surface area contributed by atoms with Crippen LogP contribution in [0.25, 0.3) is 0 Å². The Bertz CT molecular complexity index is 1000. The summed E-state index contributed by atoms with van der Waals surface area (Å²) in [6, 6.07) is 15.1. The first-order chi connectivity index (χ1) is 14.5. The topological polar surface area (TPSA) is 70.1 Å². The number of piperazine rings is 1. The Labute approximate surface area is 176 Å². The molecular formula is C24H24N2O4. The number of carbonyl (C=O) groups excluding carboxylic acids is 2. The van der Waals surface area contributed by atoms with Gasteiger partial charge in [-0.1, -0.05) is 24.0 Å². The molecule has 0 radical (unpaired) electrons. The predicted molar refractivity (Wildman–Crippen MR) is 112 cm³/mol. The molecule has 3 atom stereocenters. The molecule has 154 valence electrons. The van der Waals surface area contributed by atoms with Crippen molar-refractivity contribution in [1.29, 1.82) is 0 Å². The van der Waals surface area contributed by atoms with Gasteiger partial charge in [-0.3, -0.25) is 9.59 Å². The van der Waals surface area contributed by atoms with Crippen molar-refractivity contribution in [1.82, 2.24) is 9.80 Å². The fourth-order valence-corrected chi connectivity index (χ4v) is 4.35. The van der Waals surface area contributed by atoms with Crippen LogP contribution < -0.4 is 4.74 Å². The lowest BCUT2D eigenvalue weighted by atomic mass is 9.73.